The van der Waals surface area contributed by atoms with Crippen molar-refractivity contribution in [3.05, 3.63) is 30.3 Å². The first-order chi connectivity index (χ1) is 9.83. The first-order valence-corrected chi connectivity index (χ1v) is 7.49. The van der Waals surface area contributed by atoms with Crippen molar-refractivity contribution in [3.63, 3.8) is 0 Å². The molecule has 1 aromatic rings. The summed E-state index contributed by atoms with van der Waals surface area (Å²) >= 11 is 0. The summed E-state index contributed by atoms with van der Waals surface area (Å²) in [7, 11) is 0. The zero-order chi connectivity index (χ0) is 13.8. The van der Waals surface area contributed by atoms with Gasteiger partial charge in [-0.15, -0.1) is 0 Å². The largest absolute Gasteiger partial charge is 0.494 e. The van der Waals surface area contributed by atoms with Crippen molar-refractivity contribution >= 4 is 5.91 Å². The van der Waals surface area contributed by atoms with Gasteiger partial charge in [0, 0.05) is 32.6 Å². The topological polar surface area (TPSA) is 41.6 Å². The molecule has 1 amide bonds. The Hall–Kier alpha value is -1.55. The van der Waals surface area contributed by atoms with E-state index in [0.29, 0.717) is 24.9 Å². The van der Waals surface area contributed by atoms with Crippen molar-refractivity contribution < 1.29 is 9.53 Å². The Balaban J connectivity index is 1.35. The minimum absolute atomic E-state index is 0.288. The summed E-state index contributed by atoms with van der Waals surface area (Å²) in [5.41, 5.74) is 0. The second-order valence-corrected chi connectivity index (χ2v) is 5.74. The molecule has 0 radical (unpaired) electrons. The van der Waals surface area contributed by atoms with E-state index in [1.807, 2.05) is 35.2 Å². The normalized spacial score (nSPS) is 24.7. The quantitative estimate of drug-likeness (QED) is 0.828. The molecule has 2 heterocycles. The van der Waals surface area contributed by atoms with Crippen molar-refractivity contribution in [2.45, 2.75) is 12.8 Å². The monoisotopic (exact) mass is 274 g/mol. The molecule has 1 N–H and O–H groups in total. The minimum Gasteiger partial charge on any atom is -0.494 e. The Kier molecular flexibility index (Phi) is 4.21. The zero-order valence-electron chi connectivity index (χ0n) is 11.8. The van der Waals surface area contributed by atoms with Gasteiger partial charge in [-0.3, -0.25) is 4.79 Å². The molecule has 0 bridgehead atoms. The van der Waals surface area contributed by atoms with Gasteiger partial charge in [0.15, 0.2) is 0 Å². The van der Waals surface area contributed by atoms with Gasteiger partial charge in [0.25, 0.3) is 0 Å². The fourth-order valence-corrected chi connectivity index (χ4v) is 3.15. The number of para-hydroxylation sites is 1. The highest BCUT2D eigenvalue weighted by Gasteiger charge is 2.37. The zero-order valence-corrected chi connectivity index (χ0v) is 11.8. The lowest BCUT2D eigenvalue weighted by atomic mass is 10.0. The van der Waals surface area contributed by atoms with Crippen molar-refractivity contribution in [2.75, 3.05) is 32.8 Å². The standard InChI is InChI=1S/C16H22N2O2/c19-16(18-11-13-9-17-10-14(13)12-18)7-4-8-20-15-5-2-1-3-6-15/h1-3,5-6,13-14,17H,4,7-12H2/t13-,14+. The van der Waals surface area contributed by atoms with Crippen LogP contribution in [0.5, 0.6) is 5.75 Å². The van der Waals surface area contributed by atoms with Crippen LogP contribution >= 0.6 is 0 Å². The summed E-state index contributed by atoms with van der Waals surface area (Å²) in [5, 5.41) is 3.40. The number of amides is 1. The molecule has 0 aliphatic carbocycles. The molecule has 0 unspecified atom stereocenters. The van der Waals surface area contributed by atoms with Gasteiger partial charge >= 0.3 is 0 Å². The number of ether oxygens (including phenoxy) is 1. The van der Waals surface area contributed by atoms with Gasteiger partial charge in [0.05, 0.1) is 6.61 Å². The highest BCUT2D eigenvalue weighted by atomic mass is 16.5. The summed E-state index contributed by atoms with van der Waals surface area (Å²) in [6, 6.07) is 9.76. The van der Waals surface area contributed by atoms with Gasteiger partial charge in [-0.25, -0.2) is 0 Å². The maximum Gasteiger partial charge on any atom is 0.222 e. The van der Waals surface area contributed by atoms with Crippen LogP contribution in [0, 0.1) is 11.8 Å². The lowest BCUT2D eigenvalue weighted by Crippen LogP contribution is -2.31. The average molecular weight is 274 g/mol. The molecule has 2 aliphatic rings. The molecule has 2 fully saturated rings. The van der Waals surface area contributed by atoms with E-state index in [9.17, 15) is 4.79 Å². The van der Waals surface area contributed by atoms with Crippen LogP contribution in [0.2, 0.25) is 0 Å². The summed E-state index contributed by atoms with van der Waals surface area (Å²) in [6.07, 6.45) is 1.39. The summed E-state index contributed by atoms with van der Waals surface area (Å²) in [5.74, 6) is 2.52. The van der Waals surface area contributed by atoms with E-state index in [1.165, 1.54) is 0 Å². The maximum atomic E-state index is 12.1. The SMILES string of the molecule is O=C(CCCOc1ccccc1)N1C[C@H]2CNC[C@H]2C1. The van der Waals surface area contributed by atoms with Crippen molar-refractivity contribution in [3.8, 4) is 5.75 Å². The summed E-state index contributed by atoms with van der Waals surface area (Å²) in [6.45, 7) is 4.64. The summed E-state index contributed by atoms with van der Waals surface area (Å²) in [4.78, 5) is 14.2. The Bertz CT molecular complexity index is 437. The van der Waals surface area contributed by atoms with Crippen molar-refractivity contribution in [1.29, 1.82) is 0 Å². The molecular formula is C16H22N2O2. The second kappa shape index (κ2) is 6.27. The lowest BCUT2D eigenvalue weighted by Gasteiger charge is -2.17. The van der Waals surface area contributed by atoms with Crippen LogP contribution in [0.3, 0.4) is 0 Å². The molecule has 108 valence electrons. The van der Waals surface area contributed by atoms with Crippen LogP contribution in [-0.4, -0.2) is 43.6 Å². The van der Waals surface area contributed by atoms with E-state index in [-0.39, 0.29) is 5.91 Å². The van der Waals surface area contributed by atoms with Crippen LogP contribution in [0.1, 0.15) is 12.8 Å². The number of carbonyl (C=O) groups is 1. The van der Waals surface area contributed by atoms with Gasteiger partial charge in [-0.05, 0) is 30.4 Å². The smallest absolute Gasteiger partial charge is 0.222 e. The fraction of sp³-hybridized carbons (Fsp3) is 0.562. The van der Waals surface area contributed by atoms with E-state index in [4.69, 9.17) is 4.74 Å². The van der Waals surface area contributed by atoms with Crippen LogP contribution in [0.25, 0.3) is 0 Å². The van der Waals surface area contributed by atoms with E-state index in [0.717, 1.165) is 38.3 Å². The Labute approximate surface area is 120 Å². The van der Waals surface area contributed by atoms with Crippen molar-refractivity contribution in [2.24, 2.45) is 11.8 Å². The van der Waals surface area contributed by atoms with E-state index in [1.54, 1.807) is 0 Å². The molecule has 4 heteroatoms. The number of hydrogen-bond donors (Lipinski definition) is 1. The van der Waals surface area contributed by atoms with Crippen LogP contribution in [-0.2, 0) is 4.79 Å². The third-order valence-electron chi connectivity index (χ3n) is 4.29. The molecule has 4 nitrogen and oxygen atoms in total. The van der Waals surface area contributed by atoms with Gasteiger partial charge in [0.1, 0.15) is 5.75 Å². The van der Waals surface area contributed by atoms with Gasteiger partial charge in [-0.2, -0.15) is 0 Å². The van der Waals surface area contributed by atoms with Crippen molar-refractivity contribution in [1.82, 2.24) is 10.2 Å². The van der Waals surface area contributed by atoms with E-state index < -0.39 is 0 Å². The second-order valence-electron chi connectivity index (χ2n) is 5.74. The van der Waals surface area contributed by atoms with Gasteiger partial charge in [-0.1, -0.05) is 18.2 Å². The molecule has 0 aromatic heterocycles. The van der Waals surface area contributed by atoms with Crippen LogP contribution < -0.4 is 10.1 Å². The Morgan fingerprint density at radius 1 is 1.20 bits per heavy atom. The Morgan fingerprint density at radius 3 is 2.60 bits per heavy atom. The first-order valence-electron chi connectivity index (χ1n) is 7.49. The number of nitrogens with zero attached hydrogens (tertiary/aromatic N) is 1. The molecule has 2 aliphatic heterocycles. The highest BCUT2D eigenvalue weighted by Crippen LogP contribution is 2.26. The first kappa shape index (κ1) is 13.4. The third kappa shape index (κ3) is 3.12. The van der Waals surface area contributed by atoms with E-state index in [2.05, 4.69) is 5.32 Å². The molecule has 2 saturated heterocycles. The molecule has 2 atom stereocenters. The molecule has 1 aromatic carbocycles. The molecule has 3 rings (SSSR count). The fourth-order valence-electron chi connectivity index (χ4n) is 3.15. The maximum absolute atomic E-state index is 12.1. The number of carbonyl (C=O) groups excluding carboxylic acids is 1. The van der Waals surface area contributed by atoms with Crippen LogP contribution in [0.15, 0.2) is 30.3 Å². The predicted octanol–water partition coefficient (Wildman–Crippen LogP) is 1.52. The molecule has 0 spiro atoms. The molecule has 20 heavy (non-hydrogen) atoms. The molecule has 0 saturated carbocycles. The number of nitrogens with one attached hydrogen (secondary N) is 1. The van der Waals surface area contributed by atoms with Gasteiger partial charge in [0.2, 0.25) is 5.91 Å². The number of benzene rings is 1. The minimum atomic E-state index is 0.288. The van der Waals surface area contributed by atoms with Crippen LogP contribution in [0.4, 0.5) is 0 Å². The Morgan fingerprint density at radius 2 is 1.90 bits per heavy atom. The van der Waals surface area contributed by atoms with E-state index >= 15 is 0 Å². The van der Waals surface area contributed by atoms with Gasteiger partial charge < -0.3 is 15.0 Å². The number of likely N-dealkylation sites (tertiary alicyclic amines) is 1. The highest BCUT2D eigenvalue weighted by molar-refractivity contribution is 5.76. The summed E-state index contributed by atoms with van der Waals surface area (Å²) < 4.78 is 5.61. The molecular weight excluding hydrogens is 252 g/mol. The number of fused-ring (bicyclic) bond motifs is 1. The lowest BCUT2D eigenvalue weighted by molar-refractivity contribution is -0.130. The third-order valence-corrected chi connectivity index (χ3v) is 4.29. The number of rotatable bonds is 5. The predicted molar refractivity (Wildman–Crippen MR) is 77.6 cm³/mol. The average Bonchev–Trinajstić information content (AvgIpc) is 3.05. The number of hydrogen-bond acceptors (Lipinski definition) is 3.